The van der Waals surface area contributed by atoms with E-state index in [1.807, 2.05) is 0 Å². The average Bonchev–Trinajstić information content (AvgIpc) is 2.46. The third-order valence-corrected chi connectivity index (χ3v) is 4.80. The maximum Gasteiger partial charge on any atom is 0.0320 e. The fraction of sp³-hybridized carbons (Fsp3) is 0.579. The van der Waals surface area contributed by atoms with Crippen molar-refractivity contribution in [3.63, 3.8) is 0 Å². The van der Waals surface area contributed by atoms with Crippen LogP contribution in [0.4, 0.5) is 0 Å². The maximum absolute atomic E-state index is 3.77. The van der Waals surface area contributed by atoms with Crippen LogP contribution in [0.3, 0.4) is 0 Å². The lowest BCUT2D eigenvalue weighted by molar-refractivity contribution is 0.523. The van der Waals surface area contributed by atoms with E-state index in [0.717, 1.165) is 17.4 Å². The standard InChI is InChI=1S/C19H28BrN/c1-2-14-21-19(15-16-10-12-18(20)13-11-16)17-8-6-4-3-5-7-9-17/h8,10-13,19,21H,2-7,9,14-15H2,1H3/b17-8+. The van der Waals surface area contributed by atoms with Crippen LogP contribution in [-0.4, -0.2) is 12.6 Å². The second-order valence-corrected chi connectivity index (χ2v) is 6.98. The van der Waals surface area contributed by atoms with Crippen molar-refractivity contribution in [2.75, 3.05) is 6.54 Å². The van der Waals surface area contributed by atoms with E-state index in [4.69, 9.17) is 0 Å². The zero-order valence-corrected chi connectivity index (χ0v) is 14.8. The molecule has 1 unspecified atom stereocenters. The molecule has 1 aromatic rings. The van der Waals surface area contributed by atoms with Gasteiger partial charge in [-0.3, -0.25) is 0 Å². The average molecular weight is 350 g/mol. The Labute approximate surface area is 138 Å². The minimum absolute atomic E-state index is 0.518. The molecule has 0 aromatic heterocycles. The van der Waals surface area contributed by atoms with Gasteiger partial charge in [-0.15, -0.1) is 0 Å². The monoisotopic (exact) mass is 349 g/mol. The normalized spacial score (nSPS) is 20.2. The summed E-state index contributed by atoms with van der Waals surface area (Å²) in [5.41, 5.74) is 3.07. The van der Waals surface area contributed by atoms with Gasteiger partial charge in [0.2, 0.25) is 0 Å². The lowest BCUT2D eigenvalue weighted by Crippen LogP contribution is -2.34. The smallest absolute Gasteiger partial charge is 0.0320 e. The van der Waals surface area contributed by atoms with Crippen LogP contribution in [0.15, 0.2) is 40.4 Å². The van der Waals surface area contributed by atoms with Gasteiger partial charge in [0.05, 0.1) is 0 Å². The van der Waals surface area contributed by atoms with Crippen molar-refractivity contribution in [3.8, 4) is 0 Å². The highest BCUT2D eigenvalue weighted by Gasteiger charge is 2.15. The molecule has 116 valence electrons. The van der Waals surface area contributed by atoms with Crippen molar-refractivity contribution in [2.45, 2.75) is 64.3 Å². The van der Waals surface area contributed by atoms with Crippen LogP contribution in [0, 0.1) is 0 Å². The van der Waals surface area contributed by atoms with Crippen LogP contribution in [0.25, 0.3) is 0 Å². The van der Waals surface area contributed by atoms with Crippen molar-refractivity contribution in [1.82, 2.24) is 5.32 Å². The highest BCUT2D eigenvalue weighted by molar-refractivity contribution is 9.10. The maximum atomic E-state index is 3.77. The fourth-order valence-corrected chi connectivity index (χ4v) is 3.31. The van der Waals surface area contributed by atoms with Gasteiger partial charge in [0.25, 0.3) is 0 Å². The first kappa shape index (κ1) is 16.8. The van der Waals surface area contributed by atoms with Crippen LogP contribution >= 0.6 is 15.9 Å². The number of rotatable bonds is 6. The molecule has 21 heavy (non-hydrogen) atoms. The van der Waals surface area contributed by atoms with Crippen LogP contribution in [0.1, 0.15) is 57.4 Å². The summed E-state index contributed by atoms with van der Waals surface area (Å²) >= 11 is 3.52. The summed E-state index contributed by atoms with van der Waals surface area (Å²) in [5.74, 6) is 0. The largest absolute Gasteiger partial charge is 0.310 e. The second-order valence-electron chi connectivity index (χ2n) is 6.07. The zero-order valence-electron chi connectivity index (χ0n) is 13.2. The van der Waals surface area contributed by atoms with Crippen molar-refractivity contribution >= 4 is 15.9 Å². The van der Waals surface area contributed by atoms with E-state index in [1.165, 1.54) is 50.5 Å². The molecule has 0 aliphatic heterocycles. The predicted molar refractivity (Wildman–Crippen MR) is 95.7 cm³/mol. The minimum Gasteiger partial charge on any atom is -0.310 e. The Bertz CT molecular complexity index is 435. The Balaban J connectivity index is 2.06. The molecular formula is C19H28BrN. The fourth-order valence-electron chi connectivity index (χ4n) is 3.04. The number of hydrogen-bond acceptors (Lipinski definition) is 1. The molecule has 0 radical (unpaired) electrons. The molecule has 0 amide bonds. The van der Waals surface area contributed by atoms with Gasteiger partial charge in [0, 0.05) is 10.5 Å². The topological polar surface area (TPSA) is 12.0 Å². The lowest BCUT2D eigenvalue weighted by atomic mass is 9.91. The molecule has 1 aliphatic carbocycles. The zero-order chi connectivity index (χ0) is 14.9. The number of allylic oxidation sites excluding steroid dienone is 1. The SMILES string of the molecule is CCCNC(Cc1ccc(Br)cc1)/C1=C/CCCCCC1. The van der Waals surface area contributed by atoms with Gasteiger partial charge in [0.15, 0.2) is 0 Å². The highest BCUT2D eigenvalue weighted by atomic mass is 79.9. The highest BCUT2D eigenvalue weighted by Crippen LogP contribution is 2.22. The van der Waals surface area contributed by atoms with Gasteiger partial charge in [0.1, 0.15) is 0 Å². The molecule has 1 aromatic carbocycles. The van der Waals surface area contributed by atoms with E-state index in [0.29, 0.717) is 6.04 Å². The first-order valence-electron chi connectivity index (χ1n) is 8.46. The van der Waals surface area contributed by atoms with Gasteiger partial charge in [-0.05, 0) is 62.8 Å². The molecule has 0 saturated carbocycles. The first-order chi connectivity index (χ1) is 10.3. The van der Waals surface area contributed by atoms with Gasteiger partial charge >= 0.3 is 0 Å². The molecule has 0 fully saturated rings. The number of hydrogen-bond donors (Lipinski definition) is 1. The Hall–Kier alpha value is -0.600. The minimum atomic E-state index is 0.518. The summed E-state index contributed by atoms with van der Waals surface area (Å²) in [6, 6.07) is 9.31. The number of nitrogens with one attached hydrogen (secondary N) is 1. The third-order valence-electron chi connectivity index (χ3n) is 4.27. The van der Waals surface area contributed by atoms with Crippen molar-refractivity contribution in [1.29, 1.82) is 0 Å². The van der Waals surface area contributed by atoms with E-state index < -0.39 is 0 Å². The Kier molecular flexibility index (Phi) is 7.52. The third kappa shape index (κ3) is 5.96. The van der Waals surface area contributed by atoms with Gasteiger partial charge in [-0.2, -0.15) is 0 Å². The van der Waals surface area contributed by atoms with E-state index in [2.05, 4.69) is 58.5 Å². The summed E-state index contributed by atoms with van der Waals surface area (Å²) in [7, 11) is 0. The van der Waals surface area contributed by atoms with Crippen LogP contribution in [-0.2, 0) is 6.42 Å². The van der Waals surface area contributed by atoms with Crippen LogP contribution in [0.5, 0.6) is 0 Å². The van der Waals surface area contributed by atoms with Crippen LogP contribution < -0.4 is 5.32 Å². The molecule has 1 aliphatic rings. The predicted octanol–water partition coefficient (Wildman–Crippen LogP) is 5.64. The molecule has 0 spiro atoms. The molecule has 1 nitrogen and oxygen atoms in total. The van der Waals surface area contributed by atoms with Gasteiger partial charge in [-0.1, -0.05) is 59.5 Å². The van der Waals surface area contributed by atoms with Crippen molar-refractivity contribution < 1.29 is 0 Å². The van der Waals surface area contributed by atoms with E-state index in [9.17, 15) is 0 Å². The molecule has 1 atom stereocenters. The van der Waals surface area contributed by atoms with Crippen molar-refractivity contribution in [3.05, 3.63) is 46.0 Å². The Morgan fingerprint density at radius 3 is 2.62 bits per heavy atom. The van der Waals surface area contributed by atoms with Crippen molar-refractivity contribution in [2.24, 2.45) is 0 Å². The summed E-state index contributed by atoms with van der Waals surface area (Å²) in [6.07, 6.45) is 12.9. The molecule has 0 heterocycles. The summed E-state index contributed by atoms with van der Waals surface area (Å²) < 4.78 is 1.16. The van der Waals surface area contributed by atoms with Gasteiger partial charge < -0.3 is 5.32 Å². The van der Waals surface area contributed by atoms with E-state index >= 15 is 0 Å². The molecule has 0 saturated heterocycles. The quantitative estimate of drug-likeness (QED) is 0.655. The summed E-state index contributed by atoms with van der Waals surface area (Å²) in [6.45, 7) is 3.36. The lowest BCUT2D eigenvalue weighted by Gasteiger charge is -2.24. The molecule has 2 rings (SSSR count). The summed E-state index contributed by atoms with van der Waals surface area (Å²) in [5, 5.41) is 3.77. The molecule has 0 bridgehead atoms. The Morgan fingerprint density at radius 2 is 1.86 bits per heavy atom. The second kappa shape index (κ2) is 9.42. The number of halogens is 1. The van der Waals surface area contributed by atoms with Crippen LogP contribution in [0.2, 0.25) is 0 Å². The van der Waals surface area contributed by atoms with Gasteiger partial charge in [-0.25, -0.2) is 0 Å². The van der Waals surface area contributed by atoms with E-state index in [1.54, 1.807) is 5.57 Å². The molecule has 1 N–H and O–H groups in total. The summed E-state index contributed by atoms with van der Waals surface area (Å²) in [4.78, 5) is 0. The Morgan fingerprint density at radius 1 is 1.10 bits per heavy atom. The first-order valence-corrected chi connectivity index (χ1v) is 9.25. The molecular weight excluding hydrogens is 322 g/mol. The molecule has 2 heteroatoms. The van der Waals surface area contributed by atoms with E-state index in [-0.39, 0.29) is 0 Å². The number of benzene rings is 1.